The Balaban J connectivity index is 1.71. The molecule has 0 heteroatoms. The Bertz CT molecular complexity index is 1100. The molecule has 0 heterocycles. The van der Waals surface area contributed by atoms with Gasteiger partial charge in [-0.3, -0.25) is 0 Å². The largest absolute Gasteiger partial charge is 0.0622 e. The van der Waals surface area contributed by atoms with E-state index in [1.54, 1.807) is 0 Å². The molecule has 0 aliphatic heterocycles. The minimum absolute atomic E-state index is 1.01. The highest BCUT2D eigenvalue weighted by molar-refractivity contribution is 6.01. The van der Waals surface area contributed by atoms with E-state index in [9.17, 15) is 0 Å². The molecule has 25 heavy (non-hydrogen) atoms. The van der Waals surface area contributed by atoms with Crippen LogP contribution in [0.2, 0.25) is 0 Å². The summed E-state index contributed by atoms with van der Waals surface area (Å²) in [6, 6.07) is 32.7. The molecule has 0 aromatic heterocycles. The summed E-state index contributed by atoms with van der Waals surface area (Å²) < 4.78 is 0. The van der Waals surface area contributed by atoms with Crippen LogP contribution < -0.4 is 0 Å². The molecule has 0 fully saturated rings. The molecule has 0 N–H and O–H groups in total. The lowest BCUT2D eigenvalue weighted by molar-refractivity contribution is 1.32. The van der Waals surface area contributed by atoms with E-state index < -0.39 is 0 Å². The van der Waals surface area contributed by atoms with Gasteiger partial charge in [0.25, 0.3) is 0 Å². The number of hydrogen-bond donors (Lipinski definition) is 0. The first-order valence-electron chi connectivity index (χ1n) is 8.76. The number of benzene rings is 4. The fraction of sp³-hybridized carbons (Fsp3) is 0.0400. The maximum atomic E-state index is 2.38. The average molecular weight is 318 g/mol. The fourth-order valence-electron chi connectivity index (χ4n) is 3.90. The maximum absolute atomic E-state index is 2.38. The van der Waals surface area contributed by atoms with Gasteiger partial charge in [-0.05, 0) is 56.7 Å². The molecule has 0 bridgehead atoms. The van der Waals surface area contributed by atoms with E-state index >= 15 is 0 Å². The van der Waals surface area contributed by atoms with Crippen LogP contribution in [0.15, 0.2) is 91.0 Å². The van der Waals surface area contributed by atoms with Crippen LogP contribution in [0.25, 0.3) is 33.5 Å². The van der Waals surface area contributed by atoms with Crippen molar-refractivity contribution in [3.63, 3.8) is 0 Å². The van der Waals surface area contributed by atoms with E-state index in [0.29, 0.717) is 0 Å². The van der Waals surface area contributed by atoms with Crippen molar-refractivity contribution in [2.45, 2.75) is 6.42 Å². The summed E-state index contributed by atoms with van der Waals surface area (Å²) in [5.41, 5.74) is 8.17. The Morgan fingerprint density at radius 1 is 0.560 bits per heavy atom. The summed E-state index contributed by atoms with van der Waals surface area (Å²) in [5, 5.41) is 2.61. The van der Waals surface area contributed by atoms with Gasteiger partial charge in [0, 0.05) is 0 Å². The lowest BCUT2D eigenvalue weighted by Gasteiger charge is -2.11. The molecular weight excluding hydrogens is 300 g/mol. The Kier molecular flexibility index (Phi) is 3.28. The van der Waals surface area contributed by atoms with Crippen molar-refractivity contribution >= 4 is 22.4 Å². The monoisotopic (exact) mass is 318 g/mol. The molecule has 1 aliphatic carbocycles. The van der Waals surface area contributed by atoms with Gasteiger partial charge in [-0.25, -0.2) is 0 Å². The van der Waals surface area contributed by atoms with Crippen molar-refractivity contribution in [3.05, 3.63) is 108 Å². The Morgan fingerprint density at radius 2 is 1.28 bits per heavy atom. The second-order valence-corrected chi connectivity index (χ2v) is 6.62. The topological polar surface area (TPSA) is 0 Å². The molecule has 0 unspecified atom stereocenters. The van der Waals surface area contributed by atoms with Gasteiger partial charge >= 0.3 is 0 Å². The van der Waals surface area contributed by atoms with Crippen LogP contribution in [0.5, 0.6) is 0 Å². The van der Waals surface area contributed by atoms with Gasteiger partial charge in [-0.2, -0.15) is 0 Å². The van der Waals surface area contributed by atoms with E-state index in [1.807, 2.05) is 0 Å². The molecule has 0 nitrogen and oxygen atoms in total. The predicted octanol–water partition coefficient (Wildman–Crippen LogP) is 6.60. The van der Waals surface area contributed by atoms with Crippen LogP contribution in [0.4, 0.5) is 0 Å². The van der Waals surface area contributed by atoms with Gasteiger partial charge in [-0.1, -0.05) is 91.0 Å². The van der Waals surface area contributed by atoms with E-state index in [-0.39, 0.29) is 0 Å². The van der Waals surface area contributed by atoms with Crippen molar-refractivity contribution < 1.29 is 0 Å². The van der Waals surface area contributed by atoms with Crippen molar-refractivity contribution in [3.8, 4) is 11.1 Å². The molecule has 0 spiro atoms. The third kappa shape index (κ3) is 2.38. The first-order valence-corrected chi connectivity index (χ1v) is 8.76. The van der Waals surface area contributed by atoms with Crippen molar-refractivity contribution in [1.29, 1.82) is 0 Å². The van der Waals surface area contributed by atoms with Crippen molar-refractivity contribution in [2.24, 2.45) is 0 Å². The maximum Gasteiger partial charge on any atom is -0.00135 e. The molecule has 4 aromatic carbocycles. The summed E-state index contributed by atoms with van der Waals surface area (Å²) in [6.07, 6.45) is 3.39. The molecule has 0 saturated carbocycles. The quantitative estimate of drug-likeness (QED) is 0.390. The first-order chi connectivity index (χ1) is 12.4. The Labute approximate surface area is 148 Å². The van der Waals surface area contributed by atoms with E-state index in [4.69, 9.17) is 0 Å². The van der Waals surface area contributed by atoms with Crippen LogP contribution >= 0.6 is 0 Å². The van der Waals surface area contributed by atoms with Crippen LogP contribution in [0.1, 0.15) is 16.7 Å². The van der Waals surface area contributed by atoms with Gasteiger partial charge in [0.15, 0.2) is 0 Å². The van der Waals surface area contributed by atoms with Gasteiger partial charge in [0.1, 0.15) is 0 Å². The zero-order valence-corrected chi connectivity index (χ0v) is 13.9. The third-order valence-corrected chi connectivity index (χ3v) is 5.12. The Hall–Kier alpha value is -3.12. The molecule has 0 atom stereocenters. The molecule has 118 valence electrons. The molecule has 0 amide bonds. The van der Waals surface area contributed by atoms with Crippen LogP contribution in [0, 0.1) is 0 Å². The zero-order valence-electron chi connectivity index (χ0n) is 13.9. The molecule has 1 aliphatic rings. The third-order valence-electron chi connectivity index (χ3n) is 5.12. The predicted molar refractivity (Wildman–Crippen MR) is 107 cm³/mol. The summed E-state index contributed by atoms with van der Waals surface area (Å²) in [5.74, 6) is 0. The minimum atomic E-state index is 1.01. The van der Waals surface area contributed by atoms with Gasteiger partial charge in [-0.15, -0.1) is 0 Å². The second kappa shape index (κ2) is 5.75. The summed E-state index contributed by atoms with van der Waals surface area (Å²) in [7, 11) is 0. The fourth-order valence-corrected chi connectivity index (χ4v) is 3.90. The number of hydrogen-bond acceptors (Lipinski definition) is 0. The minimum Gasteiger partial charge on any atom is -0.0622 e. The standard InChI is InChI=1S/C25H18/c1-2-8-18(9-3-1)21-16-20-12-7-15-24(25(20)17-21)23-14-6-11-19-10-4-5-13-22(19)23/h1-15,17H,16H2. The second-order valence-electron chi connectivity index (χ2n) is 6.62. The lowest BCUT2D eigenvalue weighted by Crippen LogP contribution is -1.88. The van der Waals surface area contributed by atoms with Crippen LogP contribution in [-0.4, -0.2) is 0 Å². The van der Waals surface area contributed by atoms with Gasteiger partial charge in [0.05, 0.1) is 0 Å². The average Bonchev–Trinajstić information content (AvgIpc) is 3.13. The van der Waals surface area contributed by atoms with Gasteiger partial charge < -0.3 is 0 Å². The number of fused-ring (bicyclic) bond motifs is 2. The van der Waals surface area contributed by atoms with Crippen LogP contribution in [0.3, 0.4) is 0 Å². The highest BCUT2D eigenvalue weighted by atomic mass is 14.2. The van der Waals surface area contributed by atoms with Crippen LogP contribution in [-0.2, 0) is 6.42 Å². The van der Waals surface area contributed by atoms with Crippen molar-refractivity contribution in [2.75, 3.05) is 0 Å². The lowest BCUT2D eigenvalue weighted by atomic mass is 9.93. The normalized spacial score (nSPS) is 12.9. The van der Waals surface area contributed by atoms with E-state index in [2.05, 4.69) is 97.1 Å². The highest BCUT2D eigenvalue weighted by Gasteiger charge is 2.18. The molecule has 0 saturated heterocycles. The first kappa shape index (κ1) is 14.2. The van der Waals surface area contributed by atoms with Gasteiger partial charge in [0.2, 0.25) is 0 Å². The van der Waals surface area contributed by atoms with Crippen molar-refractivity contribution in [1.82, 2.24) is 0 Å². The summed E-state index contributed by atoms with van der Waals surface area (Å²) in [4.78, 5) is 0. The zero-order chi connectivity index (χ0) is 16.6. The van der Waals surface area contributed by atoms with E-state index in [0.717, 1.165) is 6.42 Å². The SMILES string of the molecule is C1=C(c2ccccc2)Cc2cccc(-c3cccc4ccccc34)c21. The van der Waals surface area contributed by atoms with E-state index in [1.165, 1.54) is 44.2 Å². The Morgan fingerprint density at radius 3 is 2.20 bits per heavy atom. The number of rotatable bonds is 2. The molecule has 0 radical (unpaired) electrons. The molecular formula is C25H18. The smallest absolute Gasteiger partial charge is 0.00135 e. The summed E-state index contributed by atoms with van der Waals surface area (Å²) in [6.45, 7) is 0. The summed E-state index contributed by atoms with van der Waals surface area (Å²) >= 11 is 0. The highest BCUT2D eigenvalue weighted by Crippen LogP contribution is 2.39. The molecule has 4 aromatic rings. The number of allylic oxidation sites excluding steroid dienone is 1. The molecule has 5 rings (SSSR count).